The molecule has 0 radical (unpaired) electrons. The predicted molar refractivity (Wildman–Crippen MR) is 56.7 cm³/mol. The van der Waals surface area contributed by atoms with Gasteiger partial charge in [-0.1, -0.05) is 6.42 Å². The van der Waals surface area contributed by atoms with Crippen LogP contribution in [0.1, 0.15) is 32.1 Å². The molecule has 78 valence electrons. The smallest absolute Gasteiger partial charge is 0.0635 e. The topological polar surface area (TPSA) is 27.0 Å². The van der Waals surface area contributed by atoms with Crippen molar-refractivity contribution < 1.29 is 0 Å². The molecule has 2 bridgehead atoms. The molecule has 2 aliphatic carbocycles. The lowest BCUT2D eigenvalue weighted by Crippen LogP contribution is -2.29. The van der Waals surface area contributed by atoms with E-state index in [0.29, 0.717) is 6.42 Å². The molecule has 2 fully saturated rings. The largest absolute Gasteiger partial charge is 0.305 e. The molecule has 14 heavy (non-hydrogen) atoms. The van der Waals surface area contributed by atoms with E-state index in [1.807, 2.05) is 0 Å². The van der Waals surface area contributed by atoms with Crippen molar-refractivity contribution in [1.29, 1.82) is 5.26 Å². The predicted octanol–water partition coefficient (Wildman–Crippen LogP) is 2.27. The van der Waals surface area contributed by atoms with Crippen LogP contribution in [0.2, 0.25) is 0 Å². The molecule has 2 nitrogen and oxygen atoms in total. The van der Waals surface area contributed by atoms with Gasteiger partial charge in [0.25, 0.3) is 0 Å². The molecular formula is C12H20N2. The summed E-state index contributed by atoms with van der Waals surface area (Å²) in [6.45, 7) is 2.17. The first-order valence-electron chi connectivity index (χ1n) is 5.85. The van der Waals surface area contributed by atoms with Crippen molar-refractivity contribution >= 4 is 0 Å². The average Bonchev–Trinajstić information content (AvgIpc) is 2.76. The minimum atomic E-state index is 0.678. The Hall–Kier alpha value is -0.550. The maximum Gasteiger partial charge on any atom is 0.0635 e. The van der Waals surface area contributed by atoms with Crippen molar-refractivity contribution in [2.45, 2.75) is 32.1 Å². The van der Waals surface area contributed by atoms with Gasteiger partial charge in [0.05, 0.1) is 6.07 Å². The van der Waals surface area contributed by atoms with Gasteiger partial charge in [0.2, 0.25) is 0 Å². The third kappa shape index (κ3) is 2.09. The monoisotopic (exact) mass is 192 g/mol. The number of hydrogen-bond acceptors (Lipinski definition) is 2. The van der Waals surface area contributed by atoms with Gasteiger partial charge in [-0.3, -0.25) is 0 Å². The number of nitrogens with zero attached hydrogens (tertiary/aromatic N) is 2. The summed E-state index contributed by atoms with van der Waals surface area (Å²) >= 11 is 0. The van der Waals surface area contributed by atoms with Gasteiger partial charge in [-0.05, 0) is 44.1 Å². The minimum absolute atomic E-state index is 0.678. The Morgan fingerprint density at radius 1 is 1.36 bits per heavy atom. The Morgan fingerprint density at radius 2 is 2.21 bits per heavy atom. The molecule has 2 rings (SSSR count). The molecule has 0 heterocycles. The summed E-state index contributed by atoms with van der Waals surface area (Å²) in [6.07, 6.45) is 6.60. The van der Waals surface area contributed by atoms with Gasteiger partial charge in [0.1, 0.15) is 0 Å². The summed E-state index contributed by atoms with van der Waals surface area (Å²) in [7, 11) is 2.16. The fourth-order valence-electron chi connectivity index (χ4n) is 3.33. The molecule has 3 unspecified atom stereocenters. The second-order valence-corrected chi connectivity index (χ2v) is 5.11. The fraction of sp³-hybridized carbons (Fsp3) is 0.917. The maximum atomic E-state index is 8.50. The summed E-state index contributed by atoms with van der Waals surface area (Å²) in [5.41, 5.74) is 0. The average molecular weight is 192 g/mol. The Kier molecular flexibility index (Phi) is 3.08. The SMILES string of the molecule is CN(CCC#N)CC1CC2CCC1C2. The van der Waals surface area contributed by atoms with Crippen molar-refractivity contribution in [2.24, 2.45) is 17.8 Å². The van der Waals surface area contributed by atoms with Crippen LogP contribution < -0.4 is 0 Å². The molecule has 0 aliphatic heterocycles. The number of hydrogen-bond donors (Lipinski definition) is 0. The molecule has 2 saturated carbocycles. The minimum Gasteiger partial charge on any atom is -0.305 e. The van der Waals surface area contributed by atoms with Crippen LogP contribution in [0, 0.1) is 29.1 Å². The fourth-order valence-corrected chi connectivity index (χ4v) is 3.33. The highest BCUT2D eigenvalue weighted by atomic mass is 15.1. The van der Waals surface area contributed by atoms with Gasteiger partial charge < -0.3 is 4.90 Å². The van der Waals surface area contributed by atoms with Crippen molar-refractivity contribution in [3.05, 3.63) is 0 Å². The first-order chi connectivity index (χ1) is 6.79. The number of rotatable bonds is 4. The van der Waals surface area contributed by atoms with Gasteiger partial charge in [0.15, 0.2) is 0 Å². The van der Waals surface area contributed by atoms with Crippen molar-refractivity contribution in [1.82, 2.24) is 4.90 Å². The number of fused-ring (bicyclic) bond motifs is 2. The van der Waals surface area contributed by atoms with E-state index in [0.717, 1.165) is 24.3 Å². The number of nitriles is 1. The van der Waals surface area contributed by atoms with E-state index in [1.165, 1.54) is 32.2 Å². The third-order valence-electron chi connectivity index (χ3n) is 4.04. The lowest BCUT2D eigenvalue weighted by Gasteiger charge is -2.26. The Bertz CT molecular complexity index is 231. The van der Waals surface area contributed by atoms with Gasteiger partial charge in [0, 0.05) is 19.5 Å². The zero-order chi connectivity index (χ0) is 9.97. The summed E-state index contributed by atoms with van der Waals surface area (Å²) in [6, 6.07) is 2.22. The third-order valence-corrected chi connectivity index (χ3v) is 4.04. The first kappa shape index (κ1) is 9.98. The zero-order valence-electron chi connectivity index (χ0n) is 9.08. The van der Waals surface area contributed by atoms with E-state index in [-0.39, 0.29) is 0 Å². The van der Waals surface area contributed by atoms with Crippen molar-refractivity contribution in [3.63, 3.8) is 0 Å². The van der Waals surface area contributed by atoms with Crippen LogP contribution in [0.3, 0.4) is 0 Å². The summed E-state index contributed by atoms with van der Waals surface area (Å²) in [5, 5.41) is 8.50. The van der Waals surface area contributed by atoms with Gasteiger partial charge >= 0.3 is 0 Å². The highest BCUT2D eigenvalue weighted by Crippen LogP contribution is 2.48. The Labute approximate surface area is 86.9 Å². The summed E-state index contributed by atoms with van der Waals surface area (Å²) in [4.78, 5) is 2.34. The molecule has 0 aromatic heterocycles. The maximum absolute atomic E-state index is 8.50. The molecule has 0 amide bonds. The highest BCUT2D eigenvalue weighted by molar-refractivity contribution is 4.91. The molecule has 0 aromatic rings. The molecular weight excluding hydrogens is 172 g/mol. The Balaban J connectivity index is 1.73. The van der Waals surface area contributed by atoms with Crippen LogP contribution in [-0.2, 0) is 0 Å². The molecule has 0 saturated heterocycles. The van der Waals surface area contributed by atoms with Crippen LogP contribution in [0.5, 0.6) is 0 Å². The van der Waals surface area contributed by atoms with E-state index < -0.39 is 0 Å². The van der Waals surface area contributed by atoms with E-state index in [2.05, 4.69) is 18.0 Å². The van der Waals surface area contributed by atoms with Crippen LogP contribution in [-0.4, -0.2) is 25.0 Å². The van der Waals surface area contributed by atoms with Crippen LogP contribution >= 0.6 is 0 Å². The van der Waals surface area contributed by atoms with Crippen LogP contribution in [0.15, 0.2) is 0 Å². The van der Waals surface area contributed by atoms with Crippen LogP contribution in [0.4, 0.5) is 0 Å². The molecule has 2 aliphatic rings. The van der Waals surface area contributed by atoms with Gasteiger partial charge in [-0.15, -0.1) is 0 Å². The molecule has 0 aromatic carbocycles. The van der Waals surface area contributed by atoms with Crippen molar-refractivity contribution in [2.75, 3.05) is 20.1 Å². The Morgan fingerprint density at radius 3 is 2.79 bits per heavy atom. The second kappa shape index (κ2) is 4.31. The first-order valence-corrected chi connectivity index (χ1v) is 5.85. The zero-order valence-corrected chi connectivity index (χ0v) is 9.08. The lowest BCUT2D eigenvalue weighted by atomic mass is 9.88. The molecule has 2 heteroatoms. The van der Waals surface area contributed by atoms with E-state index >= 15 is 0 Å². The molecule has 3 atom stereocenters. The quantitative estimate of drug-likeness (QED) is 0.683. The van der Waals surface area contributed by atoms with Gasteiger partial charge in [-0.25, -0.2) is 0 Å². The summed E-state index contributed by atoms with van der Waals surface area (Å²) in [5.74, 6) is 3.01. The van der Waals surface area contributed by atoms with Crippen molar-refractivity contribution in [3.8, 4) is 6.07 Å². The second-order valence-electron chi connectivity index (χ2n) is 5.11. The standard InChI is InChI=1S/C12H20N2/c1-14(6-2-5-13)9-12-8-10-3-4-11(12)7-10/h10-12H,2-4,6-9H2,1H3. The van der Waals surface area contributed by atoms with Gasteiger partial charge in [-0.2, -0.15) is 5.26 Å². The van der Waals surface area contributed by atoms with Crippen LogP contribution in [0.25, 0.3) is 0 Å². The molecule has 0 N–H and O–H groups in total. The van der Waals surface area contributed by atoms with E-state index in [9.17, 15) is 0 Å². The highest BCUT2D eigenvalue weighted by Gasteiger charge is 2.39. The summed E-state index contributed by atoms with van der Waals surface area (Å²) < 4.78 is 0. The van der Waals surface area contributed by atoms with E-state index in [4.69, 9.17) is 5.26 Å². The molecule has 0 spiro atoms. The van der Waals surface area contributed by atoms with E-state index in [1.54, 1.807) is 0 Å². The normalized spacial score (nSPS) is 35.1. The lowest BCUT2D eigenvalue weighted by molar-refractivity contribution is 0.223.